The highest BCUT2D eigenvalue weighted by atomic mass is 16.4. The second-order valence-electron chi connectivity index (χ2n) is 4.99. The van der Waals surface area contributed by atoms with Crippen molar-refractivity contribution >= 4 is 23.6 Å². The molecular weight excluding hydrogens is 274 g/mol. The topological polar surface area (TPSA) is 91.8 Å². The lowest BCUT2D eigenvalue weighted by atomic mass is 10.1. The lowest BCUT2D eigenvalue weighted by Crippen LogP contribution is -2.30. The Kier molecular flexibility index (Phi) is 4.16. The standard InChI is InChI=1S/C15H15NO5/c1-9(17)4-2-3-7-16-13(18)11-6-5-10(15(20)21)8-12(11)14(16)19/h5-6,8H,2-4,7H2,1H3,(H,20,21). The van der Waals surface area contributed by atoms with Gasteiger partial charge in [-0.25, -0.2) is 4.79 Å². The number of carboxylic acids is 1. The molecule has 0 atom stereocenters. The van der Waals surface area contributed by atoms with E-state index in [1.807, 2.05) is 0 Å². The molecule has 0 aromatic heterocycles. The molecule has 1 aromatic rings. The summed E-state index contributed by atoms with van der Waals surface area (Å²) in [6.07, 6.45) is 1.59. The highest BCUT2D eigenvalue weighted by Gasteiger charge is 2.35. The predicted molar refractivity (Wildman–Crippen MR) is 73.3 cm³/mol. The minimum Gasteiger partial charge on any atom is -0.478 e. The summed E-state index contributed by atoms with van der Waals surface area (Å²) in [6, 6.07) is 3.91. The molecule has 0 aliphatic carbocycles. The molecular formula is C15H15NO5. The van der Waals surface area contributed by atoms with Crippen LogP contribution < -0.4 is 0 Å². The van der Waals surface area contributed by atoms with Crippen molar-refractivity contribution in [1.82, 2.24) is 4.90 Å². The SMILES string of the molecule is CC(=O)CCCCN1C(=O)c2ccc(C(=O)O)cc2C1=O. The van der Waals surface area contributed by atoms with Gasteiger partial charge < -0.3 is 9.90 Å². The molecule has 0 fully saturated rings. The summed E-state index contributed by atoms with van der Waals surface area (Å²) < 4.78 is 0. The largest absolute Gasteiger partial charge is 0.478 e. The number of hydrogen-bond acceptors (Lipinski definition) is 4. The Morgan fingerprint density at radius 1 is 1.10 bits per heavy atom. The number of carbonyl (C=O) groups excluding carboxylic acids is 3. The van der Waals surface area contributed by atoms with Crippen LogP contribution in [-0.2, 0) is 4.79 Å². The summed E-state index contributed by atoms with van der Waals surface area (Å²) in [5.41, 5.74) is 0.344. The molecule has 0 saturated carbocycles. The van der Waals surface area contributed by atoms with Crippen molar-refractivity contribution in [1.29, 1.82) is 0 Å². The second kappa shape index (κ2) is 5.87. The molecule has 21 heavy (non-hydrogen) atoms. The molecule has 0 saturated heterocycles. The first-order valence-corrected chi connectivity index (χ1v) is 6.65. The Bertz CT molecular complexity index is 635. The molecule has 0 spiro atoms. The van der Waals surface area contributed by atoms with Crippen LogP contribution in [-0.4, -0.2) is 40.1 Å². The van der Waals surface area contributed by atoms with Crippen molar-refractivity contribution in [3.63, 3.8) is 0 Å². The molecule has 1 heterocycles. The number of amides is 2. The van der Waals surface area contributed by atoms with E-state index in [1.54, 1.807) is 0 Å². The minimum absolute atomic E-state index is 0.0201. The van der Waals surface area contributed by atoms with Crippen LogP contribution in [0.2, 0.25) is 0 Å². The van der Waals surface area contributed by atoms with Crippen LogP contribution >= 0.6 is 0 Å². The zero-order valence-corrected chi connectivity index (χ0v) is 11.6. The van der Waals surface area contributed by atoms with E-state index in [0.29, 0.717) is 19.3 Å². The summed E-state index contributed by atoms with van der Waals surface area (Å²) in [5, 5.41) is 8.92. The third kappa shape index (κ3) is 2.99. The number of rotatable bonds is 6. The third-order valence-electron chi connectivity index (χ3n) is 3.38. The number of aromatic carboxylic acids is 1. The lowest BCUT2D eigenvalue weighted by Gasteiger charge is -2.12. The fraction of sp³-hybridized carbons (Fsp3) is 0.333. The van der Waals surface area contributed by atoms with Crippen molar-refractivity contribution in [2.75, 3.05) is 6.54 Å². The summed E-state index contributed by atoms with van der Waals surface area (Å²) in [5.74, 6) is -1.95. The van der Waals surface area contributed by atoms with Crippen LogP contribution in [0.5, 0.6) is 0 Å². The van der Waals surface area contributed by atoms with E-state index in [4.69, 9.17) is 5.11 Å². The van der Waals surface area contributed by atoms with Gasteiger partial charge in [0.05, 0.1) is 16.7 Å². The van der Waals surface area contributed by atoms with Crippen molar-refractivity contribution in [2.24, 2.45) is 0 Å². The van der Waals surface area contributed by atoms with Crippen molar-refractivity contribution < 1.29 is 24.3 Å². The molecule has 6 heteroatoms. The molecule has 1 aliphatic rings. The summed E-state index contributed by atoms with van der Waals surface area (Å²) >= 11 is 0. The van der Waals surface area contributed by atoms with Gasteiger partial charge >= 0.3 is 5.97 Å². The quantitative estimate of drug-likeness (QED) is 0.636. The highest BCUT2D eigenvalue weighted by molar-refractivity contribution is 6.21. The average Bonchev–Trinajstić information content (AvgIpc) is 2.67. The van der Waals surface area contributed by atoms with Gasteiger partial charge in [-0.15, -0.1) is 0 Å². The molecule has 0 unspecified atom stereocenters. The number of imide groups is 1. The number of unbranched alkanes of at least 4 members (excludes halogenated alkanes) is 1. The minimum atomic E-state index is -1.14. The zero-order chi connectivity index (χ0) is 15.6. The van der Waals surface area contributed by atoms with E-state index >= 15 is 0 Å². The Balaban J connectivity index is 2.11. The first-order chi connectivity index (χ1) is 9.91. The monoisotopic (exact) mass is 289 g/mol. The predicted octanol–water partition coefficient (Wildman–Crippen LogP) is 1.74. The summed E-state index contributed by atoms with van der Waals surface area (Å²) in [7, 11) is 0. The lowest BCUT2D eigenvalue weighted by molar-refractivity contribution is -0.117. The molecule has 1 aromatic carbocycles. The number of carbonyl (C=O) groups is 4. The summed E-state index contributed by atoms with van der Waals surface area (Å²) in [4.78, 5) is 47.1. The Morgan fingerprint density at radius 2 is 1.76 bits per heavy atom. The van der Waals surface area contributed by atoms with Crippen LogP contribution in [0, 0.1) is 0 Å². The smallest absolute Gasteiger partial charge is 0.335 e. The van der Waals surface area contributed by atoms with Gasteiger partial charge in [-0.05, 0) is 38.0 Å². The first kappa shape index (κ1) is 14.9. The number of fused-ring (bicyclic) bond motifs is 1. The first-order valence-electron chi connectivity index (χ1n) is 6.65. The van der Waals surface area contributed by atoms with Crippen LogP contribution in [0.1, 0.15) is 57.3 Å². The number of Topliss-reactive ketones (excluding diaryl/α,β-unsaturated/α-hetero) is 1. The molecule has 1 N–H and O–H groups in total. The van der Waals surface area contributed by atoms with Crippen molar-refractivity contribution in [2.45, 2.75) is 26.2 Å². The van der Waals surface area contributed by atoms with Gasteiger partial charge in [0.1, 0.15) is 5.78 Å². The maximum absolute atomic E-state index is 12.2. The van der Waals surface area contributed by atoms with E-state index in [-0.39, 0.29) is 29.0 Å². The van der Waals surface area contributed by atoms with Crippen molar-refractivity contribution in [3.05, 3.63) is 34.9 Å². The number of benzene rings is 1. The maximum Gasteiger partial charge on any atom is 0.335 e. The van der Waals surface area contributed by atoms with E-state index in [0.717, 1.165) is 4.90 Å². The van der Waals surface area contributed by atoms with E-state index in [1.165, 1.54) is 25.1 Å². The van der Waals surface area contributed by atoms with E-state index < -0.39 is 17.8 Å². The number of ketones is 1. The van der Waals surface area contributed by atoms with Gasteiger partial charge in [0.15, 0.2) is 0 Å². The average molecular weight is 289 g/mol. The number of hydrogen-bond donors (Lipinski definition) is 1. The normalized spacial score (nSPS) is 13.5. The molecule has 2 rings (SSSR count). The zero-order valence-electron chi connectivity index (χ0n) is 11.6. The van der Waals surface area contributed by atoms with Gasteiger partial charge in [-0.2, -0.15) is 0 Å². The van der Waals surface area contributed by atoms with Crippen LogP contribution in [0.15, 0.2) is 18.2 Å². The molecule has 110 valence electrons. The molecule has 0 radical (unpaired) electrons. The van der Waals surface area contributed by atoms with Gasteiger partial charge in [0.25, 0.3) is 11.8 Å². The Morgan fingerprint density at radius 3 is 2.38 bits per heavy atom. The second-order valence-corrected chi connectivity index (χ2v) is 4.99. The molecule has 6 nitrogen and oxygen atoms in total. The van der Waals surface area contributed by atoms with Gasteiger partial charge in [-0.3, -0.25) is 14.5 Å². The van der Waals surface area contributed by atoms with Crippen LogP contribution in [0.3, 0.4) is 0 Å². The Hall–Kier alpha value is -2.50. The van der Waals surface area contributed by atoms with Gasteiger partial charge in [0, 0.05) is 13.0 Å². The number of carboxylic acid groups (broad SMARTS) is 1. The van der Waals surface area contributed by atoms with E-state index in [9.17, 15) is 19.2 Å². The van der Waals surface area contributed by atoms with Crippen LogP contribution in [0.25, 0.3) is 0 Å². The molecule has 0 bridgehead atoms. The summed E-state index contributed by atoms with van der Waals surface area (Å²) in [6.45, 7) is 1.73. The fourth-order valence-electron chi connectivity index (χ4n) is 2.27. The third-order valence-corrected chi connectivity index (χ3v) is 3.38. The highest BCUT2D eigenvalue weighted by Crippen LogP contribution is 2.24. The van der Waals surface area contributed by atoms with Crippen molar-refractivity contribution in [3.8, 4) is 0 Å². The maximum atomic E-state index is 12.2. The Labute approximate surface area is 121 Å². The molecule has 1 aliphatic heterocycles. The van der Waals surface area contributed by atoms with E-state index in [2.05, 4.69) is 0 Å². The fourth-order valence-corrected chi connectivity index (χ4v) is 2.27. The van der Waals surface area contributed by atoms with Gasteiger partial charge in [-0.1, -0.05) is 0 Å². The van der Waals surface area contributed by atoms with Gasteiger partial charge in [0.2, 0.25) is 0 Å². The molecule has 2 amide bonds. The van der Waals surface area contributed by atoms with Crippen LogP contribution in [0.4, 0.5) is 0 Å². The number of nitrogens with zero attached hydrogens (tertiary/aromatic N) is 1.